The molecule has 6 nitrogen and oxygen atoms in total. The highest BCUT2D eigenvalue weighted by Crippen LogP contribution is 2.42. The molecule has 1 atom stereocenters. The number of aromatic nitrogens is 4. The highest BCUT2D eigenvalue weighted by atomic mass is 19.1. The molecule has 0 spiro atoms. The Balaban J connectivity index is 2.03. The molecular weight excluding hydrogens is 282 g/mol. The van der Waals surface area contributed by atoms with E-state index in [2.05, 4.69) is 15.5 Å². The van der Waals surface area contributed by atoms with E-state index in [1.807, 2.05) is 0 Å². The van der Waals surface area contributed by atoms with E-state index >= 15 is 0 Å². The molecule has 1 aliphatic carbocycles. The van der Waals surface area contributed by atoms with Gasteiger partial charge in [0, 0.05) is 0 Å². The number of halogens is 2. The molecule has 1 heterocycles. The van der Waals surface area contributed by atoms with Crippen molar-refractivity contribution >= 4 is 5.97 Å². The number of carbonyl (C=O) groups is 1. The lowest BCUT2D eigenvalue weighted by atomic mass is 10.1. The third kappa shape index (κ3) is 2.74. The van der Waals surface area contributed by atoms with Crippen LogP contribution in [0.5, 0.6) is 0 Å². The van der Waals surface area contributed by atoms with Crippen LogP contribution in [0.2, 0.25) is 0 Å². The van der Waals surface area contributed by atoms with Crippen LogP contribution in [-0.4, -0.2) is 31.3 Å². The van der Waals surface area contributed by atoms with Gasteiger partial charge in [0.25, 0.3) is 0 Å². The van der Waals surface area contributed by atoms with Gasteiger partial charge in [0.05, 0.1) is 18.0 Å². The maximum atomic E-state index is 13.9. The molecule has 1 fully saturated rings. The molecule has 1 unspecified atom stereocenters. The van der Waals surface area contributed by atoms with Crippen LogP contribution in [0, 0.1) is 17.6 Å². The van der Waals surface area contributed by atoms with Gasteiger partial charge in [-0.3, -0.25) is 4.79 Å². The average molecular weight is 294 g/mol. The van der Waals surface area contributed by atoms with E-state index in [1.54, 1.807) is 0 Å². The molecule has 8 heteroatoms. The summed E-state index contributed by atoms with van der Waals surface area (Å²) in [6.07, 6.45) is 1.60. The maximum absolute atomic E-state index is 13.9. The summed E-state index contributed by atoms with van der Waals surface area (Å²) in [5.74, 6) is -2.04. The normalized spacial score (nSPS) is 15.9. The van der Waals surface area contributed by atoms with Crippen molar-refractivity contribution in [3.05, 3.63) is 29.8 Å². The van der Waals surface area contributed by atoms with E-state index in [0.717, 1.165) is 31.0 Å². The Morgan fingerprint density at radius 2 is 2.19 bits per heavy atom. The number of rotatable bonds is 5. The van der Waals surface area contributed by atoms with E-state index in [-0.39, 0.29) is 23.7 Å². The lowest BCUT2D eigenvalue weighted by molar-refractivity contribution is -0.138. The fourth-order valence-corrected chi connectivity index (χ4v) is 2.38. The summed E-state index contributed by atoms with van der Waals surface area (Å²) in [4.78, 5) is 11.0. The van der Waals surface area contributed by atoms with E-state index < -0.39 is 23.6 Å². The van der Waals surface area contributed by atoms with Crippen LogP contribution < -0.4 is 0 Å². The Bertz CT molecular complexity index is 685. The third-order valence-electron chi connectivity index (χ3n) is 3.53. The molecule has 0 amide bonds. The predicted octanol–water partition coefficient (Wildman–Crippen LogP) is 2.04. The van der Waals surface area contributed by atoms with Gasteiger partial charge in [-0.15, -0.1) is 5.10 Å². The van der Waals surface area contributed by atoms with Gasteiger partial charge in [-0.2, -0.15) is 0 Å². The lowest BCUT2D eigenvalue weighted by Crippen LogP contribution is -2.18. The third-order valence-corrected chi connectivity index (χ3v) is 3.53. The first-order valence-corrected chi connectivity index (χ1v) is 6.51. The number of benzene rings is 1. The lowest BCUT2D eigenvalue weighted by Gasteiger charge is -2.15. The van der Waals surface area contributed by atoms with Gasteiger partial charge in [-0.25, -0.2) is 13.5 Å². The molecule has 0 aliphatic heterocycles. The van der Waals surface area contributed by atoms with Crippen molar-refractivity contribution in [1.29, 1.82) is 0 Å². The second kappa shape index (κ2) is 5.19. The van der Waals surface area contributed by atoms with Crippen LogP contribution in [0.15, 0.2) is 18.2 Å². The molecule has 21 heavy (non-hydrogen) atoms. The average Bonchev–Trinajstić information content (AvgIpc) is 3.16. The van der Waals surface area contributed by atoms with Crippen LogP contribution in [0.25, 0.3) is 11.4 Å². The second-order valence-electron chi connectivity index (χ2n) is 5.07. The number of carboxylic acid groups (broad SMARTS) is 1. The number of hydrogen-bond donors (Lipinski definition) is 1. The maximum Gasteiger partial charge on any atom is 0.305 e. The summed E-state index contributed by atoms with van der Waals surface area (Å²) >= 11 is 0. The van der Waals surface area contributed by atoms with Gasteiger partial charge in [0.2, 0.25) is 0 Å². The van der Waals surface area contributed by atoms with Gasteiger partial charge < -0.3 is 5.11 Å². The fourth-order valence-electron chi connectivity index (χ4n) is 2.38. The number of hydrogen-bond acceptors (Lipinski definition) is 4. The molecule has 0 saturated heterocycles. The van der Waals surface area contributed by atoms with Crippen molar-refractivity contribution in [3.63, 3.8) is 0 Å². The summed E-state index contributed by atoms with van der Waals surface area (Å²) < 4.78 is 28.5. The van der Waals surface area contributed by atoms with Crippen molar-refractivity contribution in [1.82, 2.24) is 20.2 Å². The Hall–Kier alpha value is -2.38. The summed E-state index contributed by atoms with van der Waals surface area (Å²) in [5.41, 5.74) is -0.0731. The zero-order valence-corrected chi connectivity index (χ0v) is 10.9. The minimum Gasteiger partial charge on any atom is -0.481 e. The highest BCUT2D eigenvalue weighted by molar-refractivity contribution is 5.67. The second-order valence-corrected chi connectivity index (χ2v) is 5.07. The van der Waals surface area contributed by atoms with Crippen molar-refractivity contribution in [2.24, 2.45) is 5.92 Å². The van der Waals surface area contributed by atoms with Gasteiger partial charge in [-0.05, 0) is 47.4 Å². The predicted molar refractivity (Wildman–Crippen MR) is 67.2 cm³/mol. The van der Waals surface area contributed by atoms with Gasteiger partial charge in [-0.1, -0.05) is 0 Å². The number of nitrogens with zero attached hydrogens (tertiary/aromatic N) is 4. The first-order valence-electron chi connectivity index (χ1n) is 6.51. The van der Waals surface area contributed by atoms with Crippen molar-refractivity contribution < 1.29 is 18.7 Å². The smallest absolute Gasteiger partial charge is 0.305 e. The fraction of sp³-hybridized carbons (Fsp3) is 0.385. The van der Waals surface area contributed by atoms with Crippen LogP contribution in [0.4, 0.5) is 8.78 Å². The van der Waals surface area contributed by atoms with Crippen molar-refractivity contribution in [2.75, 3.05) is 0 Å². The highest BCUT2D eigenvalue weighted by Gasteiger charge is 2.36. The number of tetrazole rings is 1. The minimum atomic E-state index is -0.979. The molecule has 1 aromatic heterocycles. The Morgan fingerprint density at radius 1 is 1.43 bits per heavy atom. The molecule has 2 aromatic rings. The molecule has 1 N–H and O–H groups in total. The Labute approximate surface area is 118 Å². The Kier molecular flexibility index (Phi) is 3.36. The van der Waals surface area contributed by atoms with Crippen LogP contribution >= 0.6 is 0 Å². The van der Waals surface area contributed by atoms with Crippen LogP contribution in [0.1, 0.15) is 25.3 Å². The summed E-state index contributed by atoms with van der Waals surface area (Å²) in [7, 11) is 0. The first-order chi connectivity index (χ1) is 10.1. The molecule has 1 saturated carbocycles. The minimum absolute atomic E-state index is 0.0464. The molecule has 0 bridgehead atoms. The van der Waals surface area contributed by atoms with Crippen LogP contribution in [-0.2, 0) is 4.79 Å². The number of carboxylic acids is 1. The quantitative estimate of drug-likeness (QED) is 0.912. The van der Waals surface area contributed by atoms with Gasteiger partial charge in [0.15, 0.2) is 5.82 Å². The summed E-state index contributed by atoms with van der Waals surface area (Å²) in [6, 6.07) is 2.55. The number of aliphatic carboxylic acids is 1. The molecule has 3 rings (SSSR count). The molecular formula is C13H12F2N4O2. The monoisotopic (exact) mass is 294 g/mol. The van der Waals surface area contributed by atoms with Crippen LogP contribution in [0.3, 0.4) is 0 Å². The largest absolute Gasteiger partial charge is 0.481 e. The van der Waals surface area contributed by atoms with Crippen molar-refractivity contribution in [3.8, 4) is 11.4 Å². The topological polar surface area (TPSA) is 80.9 Å². The van der Waals surface area contributed by atoms with E-state index in [9.17, 15) is 13.6 Å². The molecule has 1 aliphatic rings. The summed E-state index contributed by atoms with van der Waals surface area (Å²) in [5, 5.41) is 20.0. The zero-order chi connectivity index (χ0) is 15.0. The van der Waals surface area contributed by atoms with Crippen molar-refractivity contribution in [2.45, 2.75) is 25.3 Å². The molecule has 110 valence electrons. The van der Waals surface area contributed by atoms with E-state index in [0.29, 0.717) is 0 Å². The summed E-state index contributed by atoms with van der Waals surface area (Å²) in [6.45, 7) is 0. The standard InChI is InChI=1S/C13H12F2N4O2/c14-8-3-4-10(15)9(5-8)13-16-17-18-19(13)11(6-12(20)21)7-1-2-7/h3-5,7,11H,1-2,6H2,(H,20,21). The SMILES string of the molecule is O=C(O)CC(C1CC1)n1nnnc1-c1cc(F)ccc1F. The zero-order valence-electron chi connectivity index (χ0n) is 10.9. The van der Waals surface area contributed by atoms with Gasteiger partial charge >= 0.3 is 5.97 Å². The first kappa shape index (κ1) is 13.6. The van der Waals surface area contributed by atoms with E-state index in [1.165, 1.54) is 4.68 Å². The molecule has 1 aromatic carbocycles. The Morgan fingerprint density at radius 3 is 2.86 bits per heavy atom. The van der Waals surface area contributed by atoms with E-state index in [4.69, 9.17) is 5.11 Å². The molecule has 0 radical (unpaired) electrons. The van der Waals surface area contributed by atoms with Gasteiger partial charge in [0.1, 0.15) is 11.6 Å².